The first-order valence-corrected chi connectivity index (χ1v) is 5.38. The van der Waals surface area contributed by atoms with Gasteiger partial charge >= 0.3 is 5.97 Å². The maximum absolute atomic E-state index is 11.1. The maximum Gasteiger partial charge on any atom is 0.323 e. The quantitative estimate of drug-likeness (QED) is 0.685. The number of likely N-dealkylation sites (N-methyl/N-ethyl adjacent to an activating group) is 1. The monoisotopic (exact) mass is 216 g/mol. The van der Waals surface area contributed by atoms with Gasteiger partial charge in [-0.3, -0.25) is 9.69 Å². The molecule has 1 aliphatic rings. The standard InChI is InChI=1S/C10H20N2O3/c1-3-15-8-9(10(13)14)12-6-4-11(2)5-7-12/h9H,3-8H2,1-2H3,(H,13,14)/t9-/m1/s1. The normalized spacial score (nSPS) is 21.5. The second-order valence-electron chi connectivity index (χ2n) is 3.85. The predicted octanol–water partition coefficient (Wildman–Crippen LogP) is -0.276. The van der Waals surface area contributed by atoms with E-state index in [4.69, 9.17) is 9.84 Å². The minimum atomic E-state index is -0.784. The molecule has 15 heavy (non-hydrogen) atoms. The maximum atomic E-state index is 11.1. The number of carboxylic acid groups (broad SMARTS) is 1. The van der Waals surface area contributed by atoms with Gasteiger partial charge in [0, 0.05) is 32.8 Å². The van der Waals surface area contributed by atoms with E-state index in [1.54, 1.807) is 0 Å². The van der Waals surface area contributed by atoms with Gasteiger partial charge in [0.2, 0.25) is 0 Å². The third-order valence-electron chi connectivity index (χ3n) is 2.74. The minimum Gasteiger partial charge on any atom is -0.480 e. The van der Waals surface area contributed by atoms with Crippen molar-refractivity contribution in [3.63, 3.8) is 0 Å². The fraction of sp³-hybridized carbons (Fsp3) is 0.900. The lowest BCUT2D eigenvalue weighted by atomic mass is 10.2. The van der Waals surface area contributed by atoms with Crippen LogP contribution < -0.4 is 0 Å². The lowest BCUT2D eigenvalue weighted by Crippen LogP contribution is -2.53. The Morgan fingerprint density at radius 2 is 2.00 bits per heavy atom. The van der Waals surface area contributed by atoms with Gasteiger partial charge in [-0.25, -0.2) is 0 Å². The SMILES string of the molecule is CCOC[C@H](C(=O)O)N1CCN(C)CC1. The van der Waals surface area contributed by atoms with Crippen LogP contribution in [0, 0.1) is 0 Å². The Kier molecular flexibility index (Phi) is 5.01. The summed E-state index contributed by atoms with van der Waals surface area (Å²) in [6.45, 7) is 6.20. The van der Waals surface area contributed by atoms with Gasteiger partial charge in [0.25, 0.3) is 0 Å². The molecule has 0 bridgehead atoms. The first-order chi connectivity index (χ1) is 7.15. The van der Waals surface area contributed by atoms with Gasteiger partial charge in [-0.2, -0.15) is 0 Å². The fourth-order valence-electron chi connectivity index (χ4n) is 1.70. The first-order valence-electron chi connectivity index (χ1n) is 5.38. The van der Waals surface area contributed by atoms with E-state index in [1.165, 1.54) is 0 Å². The van der Waals surface area contributed by atoms with Gasteiger partial charge in [0.1, 0.15) is 6.04 Å². The molecule has 1 fully saturated rings. The van der Waals surface area contributed by atoms with Crippen molar-refractivity contribution in [2.75, 3.05) is 46.4 Å². The summed E-state index contributed by atoms with van der Waals surface area (Å²) >= 11 is 0. The molecule has 0 amide bonds. The van der Waals surface area contributed by atoms with E-state index in [1.807, 2.05) is 11.8 Å². The topological polar surface area (TPSA) is 53.0 Å². The Bertz CT molecular complexity index is 203. The molecular weight excluding hydrogens is 196 g/mol. The highest BCUT2D eigenvalue weighted by Crippen LogP contribution is 2.06. The highest BCUT2D eigenvalue weighted by molar-refractivity contribution is 5.73. The van der Waals surface area contributed by atoms with Crippen LogP contribution in [0.15, 0.2) is 0 Å². The number of carbonyl (C=O) groups is 1. The molecule has 0 aromatic rings. The van der Waals surface area contributed by atoms with Crippen molar-refractivity contribution in [1.29, 1.82) is 0 Å². The van der Waals surface area contributed by atoms with Gasteiger partial charge in [-0.1, -0.05) is 0 Å². The fourth-order valence-corrected chi connectivity index (χ4v) is 1.70. The van der Waals surface area contributed by atoms with E-state index in [-0.39, 0.29) is 6.61 Å². The Hall–Kier alpha value is -0.650. The molecule has 0 unspecified atom stereocenters. The second kappa shape index (κ2) is 6.05. The van der Waals surface area contributed by atoms with Crippen LogP contribution in [0.25, 0.3) is 0 Å². The summed E-state index contributed by atoms with van der Waals surface area (Å²) in [6, 6.07) is -0.487. The molecule has 5 heteroatoms. The van der Waals surface area contributed by atoms with Crippen molar-refractivity contribution in [3.05, 3.63) is 0 Å². The summed E-state index contributed by atoms with van der Waals surface area (Å²) in [5.74, 6) is -0.784. The summed E-state index contributed by atoms with van der Waals surface area (Å²) in [6.07, 6.45) is 0. The smallest absolute Gasteiger partial charge is 0.323 e. The molecule has 1 aliphatic heterocycles. The molecule has 1 saturated heterocycles. The molecule has 88 valence electrons. The van der Waals surface area contributed by atoms with Crippen LogP contribution in [0.1, 0.15) is 6.92 Å². The molecule has 0 aliphatic carbocycles. The molecule has 0 saturated carbocycles. The Morgan fingerprint density at radius 1 is 1.40 bits per heavy atom. The van der Waals surface area contributed by atoms with Crippen LogP contribution in [0.4, 0.5) is 0 Å². The zero-order chi connectivity index (χ0) is 11.3. The Labute approximate surface area is 90.6 Å². The van der Waals surface area contributed by atoms with Crippen molar-refractivity contribution in [2.24, 2.45) is 0 Å². The van der Waals surface area contributed by atoms with Gasteiger partial charge < -0.3 is 14.7 Å². The zero-order valence-corrected chi connectivity index (χ0v) is 9.48. The predicted molar refractivity (Wildman–Crippen MR) is 57.0 cm³/mol. The number of hydrogen-bond acceptors (Lipinski definition) is 4. The van der Waals surface area contributed by atoms with Crippen LogP contribution >= 0.6 is 0 Å². The first kappa shape index (κ1) is 12.4. The van der Waals surface area contributed by atoms with E-state index in [9.17, 15) is 4.79 Å². The molecule has 0 radical (unpaired) electrons. The molecule has 0 aromatic heterocycles. The third-order valence-corrected chi connectivity index (χ3v) is 2.74. The van der Waals surface area contributed by atoms with Gasteiger partial charge in [-0.05, 0) is 14.0 Å². The van der Waals surface area contributed by atoms with Crippen LogP contribution in [0.2, 0.25) is 0 Å². The summed E-state index contributed by atoms with van der Waals surface area (Å²) < 4.78 is 5.20. The van der Waals surface area contributed by atoms with E-state index in [0.717, 1.165) is 26.2 Å². The molecule has 1 rings (SSSR count). The molecule has 0 spiro atoms. The molecular formula is C10H20N2O3. The highest BCUT2D eigenvalue weighted by atomic mass is 16.5. The number of rotatable bonds is 5. The molecule has 0 aromatic carbocycles. The van der Waals surface area contributed by atoms with Crippen LogP contribution in [-0.4, -0.2) is 73.4 Å². The van der Waals surface area contributed by atoms with Crippen molar-refractivity contribution in [1.82, 2.24) is 9.80 Å². The van der Waals surface area contributed by atoms with Gasteiger partial charge in [0.15, 0.2) is 0 Å². The summed E-state index contributed by atoms with van der Waals surface area (Å²) in [5.41, 5.74) is 0. The second-order valence-corrected chi connectivity index (χ2v) is 3.85. The lowest BCUT2D eigenvalue weighted by molar-refractivity contribution is -0.146. The minimum absolute atomic E-state index is 0.287. The molecule has 1 N–H and O–H groups in total. The van der Waals surface area contributed by atoms with E-state index in [2.05, 4.69) is 11.9 Å². The van der Waals surface area contributed by atoms with Crippen LogP contribution in [-0.2, 0) is 9.53 Å². The van der Waals surface area contributed by atoms with E-state index >= 15 is 0 Å². The zero-order valence-electron chi connectivity index (χ0n) is 9.48. The number of carboxylic acids is 1. The Morgan fingerprint density at radius 3 is 2.47 bits per heavy atom. The van der Waals surface area contributed by atoms with Crippen LogP contribution in [0.3, 0.4) is 0 Å². The number of hydrogen-bond donors (Lipinski definition) is 1. The van der Waals surface area contributed by atoms with Crippen LogP contribution in [0.5, 0.6) is 0 Å². The molecule has 5 nitrogen and oxygen atoms in total. The van der Waals surface area contributed by atoms with E-state index in [0.29, 0.717) is 6.61 Å². The number of ether oxygens (including phenoxy) is 1. The largest absolute Gasteiger partial charge is 0.480 e. The van der Waals surface area contributed by atoms with Crippen molar-refractivity contribution in [3.8, 4) is 0 Å². The average molecular weight is 216 g/mol. The average Bonchev–Trinajstić information content (AvgIpc) is 2.21. The number of nitrogens with zero attached hydrogens (tertiary/aromatic N) is 2. The van der Waals surface area contributed by atoms with E-state index < -0.39 is 12.0 Å². The number of piperazine rings is 1. The van der Waals surface area contributed by atoms with Crippen molar-refractivity contribution >= 4 is 5.97 Å². The number of aliphatic carboxylic acids is 1. The summed E-state index contributed by atoms with van der Waals surface area (Å²) in [4.78, 5) is 15.2. The summed E-state index contributed by atoms with van der Waals surface area (Å²) in [5, 5.41) is 9.08. The summed E-state index contributed by atoms with van der Waals surface area (Å²) in [7, 11) is 2.05. The molecule has 1 atom stereocenters. The Balaban J connectivity index is 2.44. The van der Waals surface area contributed by atoms with Gasteiger partial charge in [-0.15, -0.1) is 0 Å². The third kappa shape index (κ3) is 3.77. The van der Waals surface area contributed by atoms with Crippen molar-refractivity contribution < 1.29 is 14.6 Å². The van der Waals surface area contributed by atoms with Gasteiger partial charge in [0.05, 0.1) is 6.61 Å². The lowest BCUT2D eigenvalue weighted by Gasteiger charge is -2.35. The molecule has 1 heterocycles. The highest BCUT2D eigenvalue weighted by Gasteiger charge is 2.27. The van der Waals surface area contributed by atoms with Crippen molar-refractivity contribution in [2.45, 2.75) is 13.0 Å².